The summed E-state index contributed by atoms with van der Waals surface area (Å²) in [7, 11) is 0. The standard InChI is InChI=1S/C26H36N2O3/c1-17-7-4-5-10-21(17)28-13-11-27(12-14-28)16-20-23-22(31-25(20)30)15-19-9-6-8-18(2)26(19,3)24(23)29/h4-5,7,9-10,18,20,22-24,29H,6,8,11-16H2,1-3H3/p+1/t18-,20-,22-,23+,24+,26-/m0/s1. The molecule has 1 aromatic rings. The number of anilines is 1. The average Bonchev–Trinajstić information content (AvgIpc) is 3.06. The molecule has 5 rings (SSSR count). The van der Waals surface area contributed by atoms with Crippen LogP contribution in [0.4, 0.5) is 5.69 Å². The predicted molar refractivity (Wildman–Crippen MR) is 121 cm³/mol. The Kier molecular flexibility index (Phi) is 5.38. The first-order chi connectivity index (χ1) is 14.9. The second-order valence-corrected chi connectivity index (χ2v) is 10.5. The topological polar surface area (TPSA) is 54.2 Å². The van der Waals surface area contributed by atoms with E-state index < -0.39 is 6.10 Å². The molecule has 2 heterocycles. The summed E-state index contributed by atoms with van der Waals surface area (Å²) in [5.74, 6) is 0.0906. The summed E-state index contributed by atoms with van der Waals surface area (Å²) < 4.78 is 5.86. The van der Waals surface area contributed by atoms with Crippen molar-refractivity contribution in [2.75, 3.05) is 37.6 Å². The first kappa shape index (κ1) is 21.0. The van der Waals surface area contributed by atoms with Gasteiger partial charge in [0, 0.05) is 23.4 Å². The molecule has 0 aromatic heterocycles. The zero-order chi connectivity index (χ0) is 21.8. The maximum atomic E-state index is 12.9. The highest BCUT2D eigenvalue weighted by atomic mass is 16.6. The summed E-state index contributed by atoms with van der Waals surface area (Å²) in [5.41, 5.74) is 3.73. The van der Waals surface area contributed by atoms with Gasteiger partial charge >= 0.3 is 5.97 Å². The van der Waals surface area contributed by atoms with Crippen molar-refractivity contribution in [3.8, 4) is 0 Å². The fraction of sp³-hybridized carbons (Fsp3) is 0.654. The molecule has 5 nitrogen and oxygen atoms in total. The highest BCUT2D eigenvalue weighted by molar-refractivity contribution is 5.76. The van der Waals surface area contributed by atoms with Crippen molar-refractivity contribution in [3.05, 3.63) is 41.5 Å². The maximum Gasteiger partial charge on any atom is 0.315 e. The number of fused-ring (bicyclic) bond motifs is 2. The third kappa shape index (κ3) is 3.41. The van der Waals surface area contributed by atoms with E-state index in [0.717, 1.165) is 52.0 Å². The van der Waals surface area contributed by atoms with Crippen LogP contribution < -0.4 is 9.80 Å². The lowest BCUT2D eigenvalue weighted by Gasteiger charge is -2.51. The number of carbonyl (C=O) groups excluding carboxylic acids is 1. The molecule has 31 heavy (non-hydrogen) atoms. The van der Waals surface area contributed by atoms with Crippen molar-refractivity contribution in [2.24, 2.45) is 23.2 Å². The minimum atomic E-state index is -0.503. The van der Waals surface area contributed by atoms with Gasteiger partial charge in [0.05, 0.1) is 38.8 Å². The SMILES string of the molecule is Cc1ccccc1N1CC[NH+](C[C@@H]2C(=O)O[C@H]3CC4=CCC[C@H](C)[C@]4(C)[C@H](O)[C@@H]32)CC1. The van der Waals surface area contributed by atoms with Crippen LogP contribution in [0.1, 0.15) is 38.7 Å². The first-order valence-corrected chi connectivity index (χ1v) is 12.1. The summed E-state index contributed by atoms with van der Waals surface area (Å²) in [4.78, 5) is 16.8. The maximum absolute atomic E-state index is 12.9. The van der Waals surface area contributed by atoms with Crippen molar-refractivity contribution in [2.45, 2.75) is 52.2 Å². The summed E-state index contributed by atoms with van der Waals surface area (Å²) in [6.45, 7) is 11.5. The van der Waals surface area contributed by atoms with Gasteiger partial charge in [0.15, 0.2) is 0 Å². The molecule has 1 saturated carbocycles. The van der Waals surface area contributed by atoms with E-state index in [-0.39, 0.29) is 29.3 Å². The number of rotatable bonds is 3. The number of para-hydroxylation sites is 1. The number of nitrogens with zero attached hydrogens (tertiary/aromatic N) is 1. The van der Waals surface area contributed by atoms with Gasteiger partial charge in [-0.1, -0.05) is 43.7 Å². The van der Waals surface area contributed by atoms with Crippen molar-refractivity contribution in [1.29, 1.82) is 0 Å². The number of ether oxygens (including phenoxy) is 1. The van der Waals surface area contributed by atoms with Crippen molar-refractivity contribution in [3.63, 3.8) is 0 Å². The molecule has 2 aliphatic carbocycles. The molecule has 2 aliphatic heterocycles. The predicted octanol–water partition coefficient (Wildman–Crippen LogP) is 1.98. The van der Waals surface area contributed by atoms with Gasteiger partial charge in [-0.05, 0) is 37.3 Å². The molecule has 0 amide bonds. The molecule has 0 bridgehead atoms. The van der Waals surface area contributed by atoms with Crippen molar-refractivity contribution in [1.82, 2.24) is 0 Å². The fourth-order valence-corrected chi connectivity index (χ4v) is 6.79. The van der Waals surface area contributed by atoms with E-state index in [4.69, 9.17) is 4.74 Å². The number of aliphatic hydroxyl groups is 1. The highest BCUT2D eigenvalue weighted by Crippen LogP contribution is 2.55. The molecular weight excluding hydrogens is 388 g/mol. The normalized spacial score (nSPS) is 38.3. The Hall–Kier alpha value is -1.85. The Morgan fingerprint density at radius 3 is 2.74 bits per heavy atom. The van der Waals surface area contributed by atoms with Crippen LogP contribution in [0, 0.1) is 30.1 Å². The molecule has 2 N–H and O–H groups in total. The number of benzene rings is 1. The van der Waals surface area contributed by atoms with E-state index in [1.807, 2.05) is 0 Å². The third-order valence-electron chi connectivity index (χ3n) is 9.01. The smallest absolute Gasteiger partial charge is 0.315 e. The van der Waals surface area contributed by atoms with Gasteiger partial charge in [-0.25, -0.2) is 0 Å². The van der Waals surface area contributed by atoms with Gasteiger partial charge in [-0.15, -0.1) is 0 Å². The van der Waals surface area contributed by atoms with Crippen LogP contribution in [0.2, 0.25) is 0 Å². The molecular formula is C26H37N2O3+. The third-order valence-corrected chi connectivity index (χ3v) is 9.01. The molecule has 1 aromatic carbocycles. The quantitative estimate of drug-likeness (QED) is 0.575. The Balaban J connectivity index is 1.28. The lowest BCUT2D eigenvalue weighted by atomic mass is 9.55. The van der Waals surface area contributed by atoms with Crippen LogP contribution >= 0.6 is 0 Å². The van der Waals surface area contributed by atoms with Gasteiger partial charge in [0.25, 0.3) is 0 Å². The molecule has 0 radical (unpaired) electrons. The molecule has 0 unspecified atom stereocenters. The Labute approximate surface area is 186 Å². The molecule has 3 fully saturated rings. The van der Waals surface area contributed by atoms with Crippen LogP contribution in [-0.2, 0) is 9.53 Å². The van der Waals surface area contributed by atoms with E-state index in [0.29, 0.717) is 5.92 Å². The number of hydrogen-bond donors (Lipinski definition) is 2. The Bertz CT molecular complexity index is 875. The van der Waals surface area contributed by atoms with E-state index in [1.165, 1.54) is 21.7 Å². The van der Waals surface area contributed by atoms with Gasteiger partial charge in [-0.2, -0.15) is 0 Å². The van der Waals surface area contributed by atoms with E-state index in [2.05, 4.69) is 56.0 Å². The lowest BCUT2D eigenvalue weighted by Crippen LogP contribution is -3.15. The summed E-state index contributed by atoms with van der Waals surface area (Å²) in [6, 6.07) is 8.57. The van der Waals surface area contributed by atoms with E-state index >= 15 is 0 Å². The second kappa shape index (κ2) is 7.93. The van der Waals surface area contributed by atoms with Crippen molar-refractivity contribution >= 4 is 11.7 Å². The zero-order valence-electron chi connectivity index (χ0n) is 19.1. The zero-order valence-corrected chi connectivity index (χ0v) is 19.1. The molecule has 2 saturated heterocycles. The van der Waals surface area contributed by atoms with Crippen LogP contribution in [0.15, 0.2) is 35.9 Å². The summed E-state index contributed by atoms with van der Waals surface area (Å²) in [5, 5.41) is 11.6. The molecule has 5 heteroatoms. The van der Waals surface area contributed by atoms with Crippen molar-refractivity contribution < 1.29 is 19.5 Å². The molecule has 168 valence electrons. The van der Waals surface area contributed by atoms with Crippen LogP contribution in [0.25, 0.3) is 0 Å². The number of allylic oxidation sites excluding steroid dienone is 1. The number of carbonyl (C=O) groups is 1. The average molecular weight is 426 g/mol. The number of aryl methyl sites for hydroxylation is 1. The van der Waals surface area contributed by atoms with Gasteiger partial charge in [0.2, 0.25) is 0 Å². The summed E-state index contributed by atoms with van der Waals surface area (Å²) in [6.07, 6.45) is 4.64. The second-order valence-electron chi connectivity index (χ2n) is 10.5. The largest absolute Gasteiger partial charge is 0.461 e. The first-order valence-electron chi connectivity index (χ1n) is 12.1. The molecule has 0 spiro atoms. The number of nitrogens with one attached hydrogen (secondary N) is 1. The minimum absolute atomic E-state index is 0.0721. The molecule has 4 aliphatic rings. The number of quaternary nitrogens is 1. The fourth-order valence-electron chi connectivity index (χ4n) is 6.79. The number of aliphatic hydroxyl groups excluding tert-OH is 1. The summed E-state index contributed by atoms with van der Waals surface area (Å²) >= 11 is 0. The van der Waals surface area contributed by atoms with E-state index in [1.54, 1.807) is 0 Å². The lowest BCUT2D eigenvalue weighted by molar-refractivity contribution is -0.903. The van der Waals surface area contributed by atoms with Gasteiger partial charge in [-0.3, -0.25) is 4.79 Å². The van der Waals surface area contributed by atoms with Crippen LogP contribution in [0.3, 0.4) is 0 Å². The molecule has 6 atom stereocenters. The van der Waals surface area contributed by atoms with E-state index in [9.17, 15) is 9.90 Å². The Morgan fingerprint density at radius 1 is 1.26 bits per heavy atom. The Morgan fingerprint density at radius 2 is 2.00 bits per heavy atom. The van der Waals surface area contributed by atoms with Gasteiger partial charge in [0.1, 0.15) is 12.0 Å². The number of hydrogen-bond acceptors (Lipinski definition) is 4. The van der Waals surface area contributed by atoms with Crippen LogP contribution in [0.5, 0.6) is 0 Å². The highest BCUT2D eigenvalue weighted by Gasteiger charge is 2.60. The van der Waals surface area contributed by atoms with Gasteiger partial charge < -0.3 is 19.6 Å². The minimum Gasteiger partial charge on any atom is -0.461 e. The number of esters is 1. The number of piperazine rings is 1. The monoisotopic (exact) mass is 425 g/mol. The van der Waals surface area contributed by atoms with Crippen LogP contribution in [-0.4, -0.2) is 56.0 Å².